The van der Waals surface area contributed by atoms with Gasteiger partial charge < -0.3 is 10.5 Å². The third-order valence-electron chi connectivity index (χ3n) is 2.57. The van der Waals surface area contributed by atoms with E-state index in [1.54, 1.807) is 6.92 Å². The first kappa shape index (κ1) is 13.4. The molecule has 0 saturated heterocycles. The molecule has 1 unspecified atom stereocenters. The van der Waals surface area contributed by atoms with Crippen molar-refractivity contribution in [3.63, 3.8) is 0 Å². The van der Waals surface area contributed by atoms with E-state index in [-0.39, 0.29) is 5.69 Å². The lowest BCUT2D eigenvalue weighted by Gasteiger charge is -2.22. The molecule has 1 rings (SSSR count). The van der Waals surface area contributed by atoms with Gasteiger partial charge in [0.05, 0.1) is 4.92 Å². The lowest BCUT2D eigenvalue weighted by Crippen LogP contribution is -2.41. The van der Waals surface area contributed by atoms with Crippen molar-refractivity contribution < 1.29 is 9.66 Å². The van der Waals surface area contributed by atoms with Crippen molar-refractivity contribution in [1.82, 2.24) is 4.98 Å². The fourth-order valence-corrected chi connectivity index (χ4v) is 1.13. The van der Waals surface area contributed by atoms with E-state index < -0.39 is 10.5 Å². The highest BCUT2D eigenvalue weighted by atomic mass is 16.6. The number of nitro groups is 1. The van der Waals surface area contributed by atoms with Crippen LogP contribution in [0.2, 0.25) is 0 Å². The van der Waals surface area contributed by atoms with Crippen molar-refractivity contribution in [3.8, 4) is 5.88 Å². The zero-order chi connectivity index (χ0) is 13.1. The molecule has 2 N–H and O–H groups in total. The van der Waals surface area contributed by atoms with E-state index in [0.29, 0.717) is 18.1 Å². The number of hydrogen-bond donors (Lipinski definition) is 1. The Bertz CT molecular complexity index is 418. The van der Waals surface area contributed by atoms with Gasteiger partial charge in [0.1, 0.15) is 12.8 Å². The summed E-state index contributed by atoms with van der Waals surface area (Å²) in [6.07, 6.45) is 1.96. The average molecular weight is 239 g/mol. The SMILES string of the molecule is CCC(C)(N)COc1ncc([N+](=O)[O-])cc1C. The normalized spacial score (nSPS) is 14.1. The van der Waals surface area contributed by atoms with Crippen LogP contribution in [0.25, 0.3) is 0 Å². The molecular weight excluding hydrogens is 222 g/mol. The smallest absolute Gasteiger partial charge is 0.288 e. The molecule has 1 atom stereocenters. The zero-order valence-electron chi connectivity index (χ0n) is 10.3. The van der Waals surface area contributed by atoms with Gasteiger partial charge in [0.25, 0.3) is 5.69 Å². The molecule has 1 heterocycles. The molecule has 0 aromatic carbocycles. The summed E-state index contributed by atoms with van der Waals surface area (Å²) in [5.74, 6) is 0.390. The molecule has 0 radical (unpaired) electrons. The van der Waals surface area contributed by atoms with Crippen molar-refractivity contribution >= 4 is 5.69 Å². The number of aromatic nitrogens is 1. The van der Waals surface area contributed by atoms with E-state index in [2.05, 4.69) is 4.98 Å². The van der Waals surface area contributed by atoms with E-state index >= 15 is 0 Å². The van der Waals surface area contributed by atoms with Crippen molar-refractivity contribution in [3.05, 3.63) is 27.9 Å². The number of nitrogens with two attached hydrogens (primary N) is 1. The molecule has 0 aliphatic heterocycles. The van der Waals surface area contributed by atoms with Gasteiger partial charge in [0.2, 0.25) is 5.88 Å². The predicted octanol–water partition coefficient (Wildman–Crippen LogP) is 1.80. The Morgan fingerprint density at radius 1 is 1.65 bits per heavy atom. The first-order chi connectivity index (χ1) is 7.85. The van der Waals surface area contributed by atoms with Gasteiger partial charge in [0.15, 0.2) is 0 Å². The van der Waals surface area contributed by atoms with Gasteiger partial charge in [-0.3, -0.25) is 10.1 Å². The molecule has 0 fully saturated rings. The van der Waals surface area contributed by atoms with Gasteiger partial charge in [-0.25, -0.2) is 4.98 Å². The maximum absolute atomic E-state index is 10.5. The van der Waals surface area contributed by atoms with Crippen LogP contribution in [-0.2, 0) is 0 Å². The number of pyridine rings is 1. The summed E-state index contributed by atoms with van der Waals surface area (Å²) >= 11 is 0. The number of nitrogens with zero attached hydrogens (tertiary/aromatic N) is 2. The fraction of sp³-hybridized carbons (Fsp3) is 0.545. The van der Waals surface area contributed by atoms with E-state index in [1.165, 1.54) is 12.3 Å². The Morgan fingerprint density at radius 3 is 2.76 bits per heavy atom. The molecule has 0 aliphatic rings. The molecule has 0 amide bonds. The number of hydrogen-bond acceptors (Lipinski definition) is 5. The molecule has 6 heteroatoms. The van der Waals surface area contributed by atoms with Gasteiger partial charge in [-0.2, -0.15) is 0 Å². The Balaban J connectivity index is 2.77. The van der Waals surface area contributed by atoms with Crippen molar-refractivity contribution in [2.75, 3.05) is 6.61 Å². The van der Waals surface area contributed by atoms with E-state index in [9.17, 15) is 10.1 Å². The van der Waals surface area contributed by atoms with Crippen LogP contribution in [0.15, 0.2) is 12.3 Å². The monoisotopic (exact) mass is 239 g/mol. The molecule has 0 aliphatic carbocycles. The Morgan fingerprint density at radius 2 is 2.29 bits per heavy atom. The summed E-state index contributed by atoms with van der Waals surface area (Å²) in [7, 11) is 0. The zero-order valence-corrected chi connectivity index (χ0v) is 10.3. The van der Waals surface area contributed by atoms with Gasteiger partial charge in [0, 0.05) is 17.2 Å². The summed E-state index contributed by atoms with van der Waals surface area (Å²) in [6.45, 7) is 5.90. The minimum atomic E-state index is -0.483. The summed E-state index contributed by atoms with van der Waals surface area (Å²) in [5, 5.41) is 10.5. The highest BCUT2D eigenvalue weighted by molar-refractivity contribution is 5.36. The highest BCUT2D eigenvalue weighted by Crippen LogP contribution is 2.20. The van der Waals surface area contributed by atoms with Crippen LogP contribution in [0.4, 0.5) is 5.69 Å². The Kier molecular flexibility index (Phi) is 4.01. The van der Waals surface area contributed by atoms with Gasteiger partial charge in [-0.05, 0) is 20.3 Å². The van der Waals surface area contributed by atoms with Crippen LogP contribution >= 0.6 is 0 Å². The first-order valence-corrected chi connectivity index (χ1v) is 5.38. The highest BCUT2D eigenvalue weighted by Gasteiger charge is 2.18. The van der Waals surface area contributed by atoms with Crippen LogP contribution in [0.1, 0.15) is 25.8 Å². The molecule has 1 aromatic heterocycles. The maximum Gasteiger partial charge on any atom is 0.288 e. The second kappa shape index (κ2) is 5.09. The van der Waals surface area contributed by atoms with Crippen molar-refractivity contribution in [2.24, 2.45) is 5.73 Å². The number of ether oxygens (including phenoxy) is 1. The summed E-state index contributed by atoms with van der Waals surface area (Å²) in [4.78, 5) is 14.0. The fourth-order valence-electron chi connectivity index (χ4n) is 1.13. The van der Waals surface area contributed by atoms with Crippen LogP contribution in [0.5, 0.6) is 5.88 Å². The standard InChI is InChI=1S/C11H17N3O3/c1-4-11(3,12)7-17-10-8(2)5-9(6-13-10)14(15)16/h5-6H,4,7,12H2,1-3H3. The third-order valence-corrected chi connectivity index (χ3v) is 2.57. The largest absolute Gasteiger partial charge is 0.476 e. The molecule has 0 bridgehead atoms. The molecule has 0 saturated carbocycles. The number of rotatable bonds is 5. The maximum atomic E-state index is 10.5. The van der Waals surface area contributed by atoms with E-state index in [4.69, 9.17) is 10.5 Å². The van der Waals surface area contributed by atoms with Gasteiger partial charge in [-0.15, -0.1) is 0 Å². The van der Waals surface area contributed by atoms with Crippen LogP contribution in [0.3, 0.4) is 0 Å². The molecular formula is C11H17N3O3. The lowest BCUT2D eigenvalue weighted by molar-refractivity contribution is -0.385. The molecule has 1 aromatic rings. The van der Waals surface area contributed by atoms with Gasteiger partial charge in [-0.1, -0.05) is 6.92 Å². The van der Waals surface area contributed by atoms with Crippen LogP contribution < -0.4 is 10.5 Å². The van der Waals surface area contributed by atoms with Crippen molar-refractivity contribution in [2.45, 2.75) is 32.7 Å². The minimum absolute atomic E-state index is 0.0409. The van der Waals surface area contributed by atoms with Crippen LogP contribution in [-0.4, -0.2) is 22.1 Å². The van der Waals surface area contributed by atoms with Crippen molar-refractivity contribution in [1.29, 1.82) is 0 Å². The second-order valence-corrected chi connectivity index (χ2v) is 4.37. The summed E-state index contributed by atoms with van der Waals surface area (Å²) in [6, 6.07) is 1.43. The lowest BCUT2D eigenvalue weighted by atomic mass is 10.0. The molecule has 94 valence electrons. The average Bonchev–Trinajstić information content (AvgIpc) is 2.27. The Hall–Kier alpha value is -1.69. The summed E-state index contributed by atoms with van der Waals surface area (Å²) < 4.78 is 5.47. The number of aryl methyl sites for hydroxylation is 1. The third kappa shape index (κ3) is 3.67. The Labute approximate surface area is 99.9 Å². The van der Waals surface area contributed by atoms with Crippen LogP contribution in [0, 0.1) is 17.0 Å². The minimum Gasteiger partial charge on any atom is -0.476 e. The molecule has 0 spiro atoms. The summed E-state index contributed by atoms with van der Waals surface area (Å²) in [5.41, 5.74) is 6.10. The predicted molar refractivity (Wildman–Crippen MR) is 64.0 cm³/mol. The van der Waals surface area contributed by atoms with Gasteiger partial charge >= 0.3 is 0 Å². The topological polar surface area (TPSA) is 91.3 Å². The van der Waals surface area contributed by atoms with E-state index in [0.717, 1.165) is 6.42 Å². The quantitative estimate of drug-likeness (QED) is 0.625. The first-order valence-electron chi connectivity index (χ1n) is 5.38. The second-order valence-electron chi connectivity index (χ2n) is 4.37. The van der Waals surface area contributed by atoms with E-state index in [1.807, 2.05) is 13.8 Å². The molecule has 17 heavy (non-hydrogen) atoms. The molecule has 6 nitrogen and oxygen atoms in total.